The van der Waals surface area contributed by atoms with Crippen LogP contribution in [-0.2, 0) is 17.8 Å². The molecule has 0 atom stereocenters. The van der Waals surface area contributed by atoms with Crippen molar-refractivity contribution in [3.63, 3.8) is 0 Å². The molecule has 0 aliphatic carbocycles. The lowest BCUT2D eigenvalue weighted by molar-refractivity contribution is 0.0682. The summed E-state index contributed by atoms with van der Waals surface area (Å²) in [6.07, 6.45) is 1.56. The van der Waals surface area contributed by atoms with Crippen LogP contribution in [0.15, 0.2) is 44.0 Å². The molecular formula is C17H19BrN2O5. The van der Waals surface area contributed by atoms with E-state index < -0.39 is 0 Å². The number of aliphatic hydroxyl groups is 1. The Hall–Kier alpha value is -2.03. The smallest absolute Gasteiger partial charge is 0.271 e. The predicted octanol–water partition coefficient (Wildman–Crippen LogP) is 2.87. The molecule has 0 bridgehead atoms. The maximum Gasteiger partial charge on any atom is 0.271 e. The zero-order valence-corrected chi connectivity index (χ0v) is 15.4. The molecule has 3 aromatic heterocycles. The lowest BCUT2D eigenvalue weighted by atomic mass is 10.3. The van der Waals surface area contributed by atoms with Gasteiger partial charge in [0.1, 0.15) is 11.5 Å². The van der Waals surface area contributed by atoms with Crippen LogP contribution in [-0.4, -0.2) is 47.3 Å². The minimum absolute atomic E-state index is 0.132. The van der Waals surface area contributed by atoms with Gasteiger partial charge in [-0.3, -0.25) is 4.79 Å². The molecule has 3 rings (SSSR count). The molecule has 0 saturated heterocycles. The lowest BCUT2D eigenvalue weighted by Crippen LogP contribution is -2.34. The number of aliphatic hydroxyl groups excluding tert-OH is 1. The van der Waals surface area contributed by atoms with E-state index in [-0.39, 0.29) is 25.6 Å². The van der Waals surface area contributed by atoms with Gasteiger partial charge >= 0.3 is 0 Å². The Kier molecular flexibility index (Phi) is 5.62. The summed E-state index contributed by atoms with van der Waals surface area (Å²) < 4.78 is 18.5. The number of aromatic nitrogens is 1. The zero-order chi connectivity index (χ0) is 17.8. The fraction of sp³-hybridized carbons (Fsp3) is 0.353. The number of rotatable bonds is 8. The van der Waals surface area contributed by atoms with Crippen molar-refractivity contribution in [1.82, 2.24) is 9.47 Å². The topological polar surface area (TPSA) is 81.0 Å². The number of ether oxygens (including phenoxy) is 1. The lowest BCUT2D eigenvalue weighted by Gasteiger charge is -2.21. The molecule has 0 saturated carbocycles. The summed E-state index contributed by atoms with van der Waals surface area (Å²) in [6.45, 7) is 1.34. The number of nitrogens with zero attached hydrogens (tertiary/aromatic N) is 2. The average Bonchev–Trinajstić information content (AvgIpc) is 3.28. The standard InChI is InChI=1S/C17H19BrN2O5/c1-23-8-5-20-13-10-16(18)25-15(13)9-14(20)17(22)19(4-6-21)11-12-3-2-7-24-12/h2-3,7,9-10,21H,4-6,8,11H2,1H3. The van der Waals surface area contributed by atoms with Gasteiger partial charge < -0.3 is 28.1 Å². The fourth-order valence-electron chi connectivity index (χ4n) is 2.74. The third-order valence-electron chi connectivity index (χ3n) is 3.88. The molecule has 0 aliphatic rings. The number of carbonyl (C=O) groups excluding carboxylic acids is 1. The Balaban J connectivity index is 1.94. The SMILES string of the molecule is COCCn1c(C(=O)N(CCO)Cc2ccco2)cc2oc(Br)cc21. The molecule has 0 fully saturated rings. The first-order valence-electron chi connectivity index (χ1n) is 7.84. The summed E-state index contributed by atoms with van der Waals surface area (Å²) >= 11 is 3.31. The molecule has 0 spiro atoms. The van der Waals surface area contributed by atoms with Crippen molar-refractivity contribution >= 4 is 32.9 Å². The third-order valence-corrected chi connectivity index (χ3v) is 4.27. The molecule has 25 heavy (non-hydrogen) atoms. The number of halogens is 1. The number of hydrogen-bond donors (Lipinski definition) is 1. The van der Waals surface area contributed by atoms with Gasteiger partial charge in [-0.2, -0.15) is 0 Å². The van der Waals surface area contributed by atoms with Crippen molar-refractivity contribution in [2.75, 3.05) is 26.9 Å². The van der Waals surface area contributed by atoms with Gasteiger partial charge in [-0.25, -0.2) is 0 Å². The highest BCUT2D eigenvalue weighted by Gasteiger charge is 2.23. The molecule has 0 radical (unpaired) electrons. The average molecular weight is 411 g/mol. The molecule has 1 amide bonds. The van der Waals surface area contributed by atoms with E-state index in [0.29, 0.717) is 34.9 Å². The van der Waals surface area contributed by atoms with E-state index in [2.05, 4.69) is 15.9 Å². The number of hydrogen-bond acceptors (Lipinski definition) is 5. The van der Waals surface area contributed by atoms with Gasteiger partial charge in [0.25, 0.3) is 5.91 Å². The van der Waals surface area contributed by atoms with E-state index in [4.69, 9.17) is 13.6 Å². The van der Waals surface area contributed by atoms with Gasteiger partial charge in [-0.15, -0.1) is 0 Å². The van der Waals surface area contributed by atoms with Crippen LogP contribution < -0.4 is 0 Å². The van der Waals surface area contributed by atoms with E-state index in [1.807, 2.05) is 10.6 Å². The van der Waals surface area contributed by atoms with Crippen molar-refractivity contribution < 1.29 is 23.5 Å². The highest BCUT2D eigenvalue weighted by Crippen LogP contribution is 2.28. The molecule has 0 aromatic carbocycles. The van der Waals surface area contributed by atoms with Crippen molar-refractivity contribution in [2.24, 2.45) is 0 Å². The highest BCUT2D eigenvalue weighted by atomic mass is 79.9. The Morgan fingerprint density at radius 2 is 2.28 bits per heavy atom. The first kappa shape index (κ1) is 17.8. The number of fused-ring (bicyclic) bond motifs is 1. The molecule has 3 aromatic rings. The number of amides is 1. The van der Waals surface area contributed by atoms with Gasteiger partial charge in [-0.05, 0) is 28.1 Å². The van der Waals surface area contributed by atoms with Gasteiger partial charge in [0.15, 0.2) is 10.3 Å². The summed E-state index contributed by atoms with van der Waals surface area (Å²) in [4.78, 5) is 14.6. The van der Waals surface area contributed by atoms with Gasteiger partial charge in [-0.1, -0.05) is 0 Å². The van der Waals surface area contributed by atoms with Crippen LogP contribution in [0.2, 0.25) is 0 Å². The molecule has 0 aliphatic heterocycles. The Labute approximate surface area is 152 Å². The zero-order valence-electron chi connectivity index (χ0n) is 13.8. The van der Waals surface area contributed by atoms with Gasteiger partial charge in [0, 0.05) is 32.3 Å². The van der Waals surface area contributed by atoms with Crippen molar-refractivity contribution in [3.05, 3.63) is 46.7 Å². The third kappa shape index (κ3) is 3.81. The second-order valence-electron chi connectivity index (χ2n) is 5.50. The normalized spacial score (nSPS) is 11.3. The molecule has 1 N–H and O–H groups in total. The predicted molar refractivity (Wildman–Crippen MR) is 94.3 cm³/mol. The molecule has 7 nitrogen and oxygen atoms in total. The first-order chi connectivity index (χ1) is 12.1. The van der Waals surface area contributed by atoms with Crippen molar-refractivity contribution in [1.29, 1.82) is 0 Å². The Bertz CT molecular complexity index is 837. The summed E-state index contributed by atoms with van der Waals surface area (Å²) in [5, 5.41) is 9.33. The van der Waals surface area contributed by atoms with Crippen LogP contribution in [0.25, 0.3) is 11.1 Å². The number of furan rings is 2. The minimum atomic E-state index is -0.205. The fourth-order valence-corrected chi connectivity index (χ4v) is 3.13. The Morgan fingerprint density at radius 3 is 2.96 bits per heavy atom. The largest absolute Gasteiger partial charge is 0.467 e. The molecular weight excluding hydrogens is 392 g/mol. The number of carbonyl (C=O) groups is 1. The summed E-state index contributed by atoms with van der Waals surface area (Å²) in [5.74, 6) is 0.451. The molecule has 134 valence electrons. The van der Waals surface area contributed by atoms with E-state index in [0.717, 1.165) is 5.52 Å². The van der Waals surface area contributed by atoms with Gasteiger partial charge in [0.2, 0.25) is 0 Å². The summed E-state index contributed by atoms with van der Waals surface area (Å²) in [7, 11) is 1.61. The van der Waals surface area contributed by atoms with Gasteiger partial charge in [0.05, 0.1) is 31.5 Å². The summed E-state index contributed by atoms with van der Waals surface area (Å²) in [6, 6.07) is 7.10. The molecule has 8 heteroatoms. The van der Waals surface area contributed by atoms with E-state index in [1.165, 1.54) is 0 Å². The van der Waals surface area contributed by atoms with Crippen molar-refractivity contribution in [2.45, 2.75) is 13.1 Å². The van der Waals surface area contributed by atoms with Crippen LogP contribution >= 0.6 is 15.9 Å². The van der Waals surface area contributed by atoms with Crippen LogP contribution in [0, 0.1) is 0 Å². The maximum atomic E-state index is 13.1. The van der Waals surface area contributed by atoms with E-state index >= 15 is 0 Å². The Morgan fingerprint density at radius 1 is 1.44 bits per heavy atom. The molecule has 0 unspecified atom stereocenters. The van der Waals surface area contributed by atoms with Crippen LogP contribution in [0.5, 0.6) is 0 Å². The highest BCUT2D eigenvalue weighted by molar-refractivity contribution is 9.10. The monoisotopic (exact) mass is 410 g/mol. The number of methoxy groups -OCH3 is 1. The minimum Gasteiger partial charge on any atom is -0.467 e. The van der Waals surface area contributed by atoms with Crippen LogP contribution in [0.3, 0.4) is 0 Å². The first-order valence-corrected chi connectivity index (χ1v) is 8.63. The maximum absolute atomic E-state index is 13.1. The van der Waals surface area contributed by atoms with Crippen LogP contribution in [0.1, 0.15) is 16.2 Å². The second kappa shape index (κ2) is 7.90. The van der Waals surface area contributed by atoms with E-state index in [9.17, 15) is 9.90 Å². The van der Waals surface area contributed by atoms with Crippen molar-refractivity contribution in [3.8, 4) is 0 Å². The molecule has 3 heterocycles. The quantitative estimate of drug-likeness (QED) is 0.617. The second-order valence-corrected chi connectivity index (χ2v) is 6.29. The van der Waals surface area contributed by atoms with E-state index in [1.54, 1.807) is 36.5 Å². The summed E-state index contributed by atoms with van der Waals surface area (Å²) in [5.41, 5.74) is 1.92. The van der Waals surface area contributed by atoms with Crippen LogP contribution in [0.4, 0.5) is 0 Å².